The second-order valence-electron chi connectivity index (χ2n) is 6.72. The Morgan fingerprint density at radius 1 is 0.862 bits per heavy atom. The van der Waals surface area contributed by atoms with Crippen molar-refractivity contribution in [2.75, 3.05) is 47.9 Å². The van der Waals surface area contributed by atoms with Crippen molar-refractivity contribution in [1.29, 1.82) is 0 Å². The molecular formula is C22H23N5O2. The van der Waals surface area contributed by atoms with Crippen LogP contribution in [-0.4, -0.2) is 48.7 Å². The number of anilines is 3. The van der Waals surface area contributed by atoms with Crippen molar-refractivity contribution in [1.82, 2.24) is 9.97 Å². The van der Waals surface area contributed by atoms with E-state index in [-0.39, 0.29) is 12.5 Å². The molecule has 0 unspecified atom stereocenters. The molecule has 148 valence electrons. The Morgan fingerprint density at radius 3 is 2.17 bits per heavy atom. The molecule has 1 aliphatic rings. The standard InChI is InChI=1S/C22H23N5O2/c28-22(17-29-19-6-2-1-3-7-19)25-18-9-10-21(24-16-18)27-14-12-26(13-15-27)20-8-4-5-11-23-20/h1-11,16H,12-15,17H2,(H,25,28). The molecule has 3 heterocycles. The summed E-state index contributed by atoms with van der Waals surface area (Å²) in [6.45, 7) is 3.50. The topological polar surface area (TPSA) is 70.6 Å². The summed E-state index contributed by atoms with van der Waals surface area (Å²) in [4.78, 5) is 25.5. The highest BCUT2D eigenvalue weighted by Gasteiger charge is 2.18. The summed E-state index contributed by atoms with van der Waals surface area (Å²) in [6, 6.07) is 19.0. The maximum absolute atomic E-state index is 12.1. The molecule has 0 aliphatic carbocycles. The van der Waals surface area contributed by atoms with Crippen LogP contribution in [0.2, 0.25) is 0 Å². The van der Waals surface area contributed by atoms with Crippen LogP contribution >= 0.6 is 0 Å². The van der Waals surface area contributed by atoms with E-state index in [1.54, 1.807) is 6.20 Å². The van der Waals surface area contributed by atoms with Gasteiger partial charge in [0.15, 0.2) is 6.61 Å². The highest BCUT2D eigenvalue weighted by Crippen LogP contribution is 2.19. The molecule has 2 aromatic heterocycles. The number of hydrogen-bond acceptors (Lipinski definition) is 6. The Bertz CT molecular complexity index is 911. The van der Waals surface area contributed by atoms with E-state index in [4.69, 9.17) is 4.74 Å². The van der Waals surface area contributed by atoms with Gasteiger partial charge in [-0.15, -0.1) is 0 Å². The lowest BCUT2D eigenvalue weighted by molar-refractivity contribution is -0.118. The molecule has 4 rings (SSSR count). The van der Waals surface area contributed by atoms with Gasteiger partial charge in [0.05, 0.1) is 11.9 Å². The fraction of sp³-hybridized carbons (Fsp3) is 0.227. The molecule has 7 heteroatoms. The van der Waals surface area contributed by atoms with E-state index in [1.807, 2.05) is 66.9 Å². The van der Waals surface area contributed by atoms with Crippen molar-refractivity contribution in [2.24, 2.45) is 0 Å². The molecule has 0 atom stereocenters. The fourth-order valence-electron chi connectivity index (χ4n) is 3.22. The van der Waals surface area contributed by atoms with Gasteiger partial charge in [-0.25, -0.2) is 9.97 Å². The molecule has 0 bridgehead atoms. The van der Waals surface area contributed by atoms with Crippen LogP contribution in [0.4, 0.5) is 17.3 Å². The van der Waals surface area contributed by atoms with Crippen LogP contribution in [0.15, 0.2) is 73.1 Å². The smallest absolute Gasteiger partial charge is 0.262 e. The number of para-hydroxylation sites is 1. The minimum atomic E-state index is -0.215. The van der Waals surface area contributed by atoms with E-state index < -0.39 is 0 Å². The number of hydrogen-bond donors (Lipinski definition) is 1. The molecular weight excluding hydrogens is 366 g/mol. The lowest BCUT2D eigenvalue weighted by atomic mass is 10.3. The zero-order valence-corrected chi connectivity index (χ0v) is 16.1. The lowest BCUT2D eigenvalue weighted by Crippen LogP contribution is -2.47. The molecule has 3 aromatic rings. The molecule has 1 saturated heterocycles. The number of ether oxygens (including phenoxy) is 1. The van der Waals surface area contributed by atoms with Gasteiger partial charge in [-0.1, -0.05) is 24.3 Å². The van der Waals surface area contributed by atoms with Crippen molar-refractivity contribution in [3.63, 3.8) is 0 Å². The number of rotatable bonds is 6. The first-order valence-electron chi connectivity index (χ1n) is 9.62. The largest absolute Gasteiger partial charge is 0.484 e. The zero-order chi connectivity index (χ0) is 19.9. The first-order chi connectivity index (χ1) is 14.3. The Morgan fingerprint density at radius 2 is 1.55 bits per heavy atom. The Hall–Kier alpha value is -3.61. The van der Waals surface area contributed by atoms with E-state index in [1.165, 1.54) is 0 Å². The zero-order valence-electron chi connectivity index (χ0n) is 16.1. The predicted molar refractivity (Wildman–Crippen MR) is 113 cm³/mol. The highest BCUT2D eigenvalue weighted by atomic mass is 16.5. The molecule has 0 saturated carbocycles. The van der Waals surface area contributed by atoms with Crippen LogP contribution < -0.4 is 19.9 Å². The summed E-state index contributed by atoms with van der Waals surface area (Å²) in [7, 11) is 0. The molecule has 1 N–H and O–H groups in total. The molecule has 29 heavy (non-hydrogen) atoms. The number of carbonyl (C=O) groups excluding carboxylic acids is 1. The van der Waals surface area contributed by atoms with Gasteiger partial charge < -0.3 is 19.9 Å². The minimum Gasteiger partial charge on any atom is -0.484 e. The monoisotopic (exact) mass is 389 g/mol. The number of pyridine rings is 2. The van der Waals surface area contributed by atoms with Crippen LogP contribution in [0.25, 0.3) is 0 Å². The summed E-state index contributed by atoms with van der Waals surface area (Å²) in [5, 5.41) is 2.81. The lowest BCUT2D eigenvalue weighted by Gasteiger charge is -2.36. The molecule has 1 fully saturated rings. The molecule has 0 radical (unpaired) electrons. The van der Waals surface area contributed by atoms with Gasteiger partial charge in [0.25, 0.3) is 5.91 Å². The summed E-state index contributed by atoms with van der Waals surface area (Å²) in [5.41, 5.74) is 0.655. The highest BCUT2D eigenvalue weighted by molar-refractivity contribution is 5.91. The second kappa shape index (κ2) is 9.05. The number of piperazine rings is 1. The molecule has 0 spiro atoms. The third-order valence-corrected chi connectivity index (χ3v) is 4.72. The van der Waals surface area contributed by atoms with Crippen molar-refractivity contribution in [3.05, 3.63) is 73.1 Å². The van der Waals surface area contributed by atoms with Gasteiger partial charge in [-0.3, -0.25) is 4.79 Å². The van der Waals surface area contributed by atoms with E-state index in [9.17, 15) is 4.79 Å². The van der Waals surface area contributed by atoms with Crippen LogP contribution in [-0.2, 0) is 4.79 Å². The van der Waals surface area contributed by atoms with Crippen molar-refractivity contribution >= 4 is 23.2 Å². The van der Waals surface area contributed by atoms with Crippen LogP contribution in [0.1, 0.15) is 0 Å². The van der Waals surface area contributed by atoms with Gasteiger partial charge in [0, 0.05) is 32.4 Å². The van der Waals surface area contributed by atoms with Gasteiger partial charge in [-0.2, -0.15) is 0 Å². The quantitative estimate of drug-likeness (QED) is 0.699. The average molecular weight is 389 g/mol. The van der Waals surface area contributed by atoms with E-state index in [0.29, 0.717) is 11.4 Å². The van der Waals surface area contributed by atoms with Gasteiger partial charge >= 0.3 is 0 Å². The SMILES string of the molecule is O=C(COc1ccccc1)Nc1ccc(N2CCN(c3ccccn3)CC2)nc1. The van der Waals surface area contributed by atoms with E-state index >= 15 is 0 Å². The number of aromatic nitrogens is 2. The van der Waals surface area contributed by atoms with Crippen molar-refractivity contribution in [2.45, 2.75) is 0 Å². The average Bonchev–Trinajstić information content (AvgIpc) is 2.80. The molecule has 7 nitrogen and oxygen atoms in total. The summed E-state index contributed by atoms with van der Waals surface area (Å²) < 4.78 is 5.45. The summed E-state index contributed by atoms with van der Waals surface area (Å²) in [6.07, 6.45) is 3.50. The third-order valence-electron chi connectivity index (χ3n) is 4.72. The Balaban J connectivity index is 1.26. The van der Waals surface area contributed by atoms with Crippen LogP contribution in [0.3, 0.4) is 0 Å². The van der Waals surface area contributed by atoms with Crippen LogP contribution in [0.5, 0.6) is 5.75 Å². The van der Waals surface area contributed by atoms with Gasteiger partial charge in [-0.05, 0) is 36.4 Å². The number of nitrogens with zero attached hydrogens (tertiary/aromatic N) is 4. The Kier molecular flexibility index (Phi) is 5.85. The van der Waals surface area contributed by atoms with Crippen molar-refractivity contribution < 1.29 is 9.53 Å². The normalized spacial score (nSPS) is 13.8. The van der Waals surface area contributed by atoms with E-state index in [2.05, 4.69) is 25.1 Å². The summed E-state index contributed by atoms with van der Waals surface area (Å²) in [5.74, 6) is 2.37. The van der Waals surface area contributed by atoms with Crippen molar-refractivity contribution in [3.8, 4) is 5.75 Å². The van der Waals surface area contributed by atoms with E-state index in [0.717, 1.165) is 37.8 Å². The van der Waals surface area contributed by atoms with Gasteiger partial charge in [0.2, 0.25) is 0 Å². The molecule has 1 aromatic carbocycles. The number of amides is 1. The first-order valence-corrected chi connectivity index (χ1v) is 9.62. The Labute approximate surface area is 170 Å². The third kappa shape index (κ3) is 5.01. The first kappa shape index (κ1) is 18.7. The number of benzene rings is 1. The van der Waals surface area contributed by atoms with Gasteiger partial charge in [0.1, 0.15) is 17.4 Å². The summed E-state index contributed by atoms with van der Waals surface area (Å²) >= 11 is 0. The maximum Gasteiger partial charge on any atom is 0.262 e. The van der Waals surface area contributed by atoms with Crippen LogP contribution in [0, 0.1) is 0 Å². The predicted octanol–water partition coefficient (Wildman–Crippen LogP) is 2.82. The number of nitrogens with one attached hydrogen (secondary N) is 1. The second-order valence-corrected chi connectivity index (χ2v) is 6.72. The minimum absolute atomic E-state index is 0.0404. The maximum atomic E-state index is 12.1. The molecule has 1 aliphatic heterocycles. The fourth-order valence-corrected chi connectivity index (χ4v) is 3.22. The number of carbonyl (C=O) groups is 1. The molecule has 1 amide bonds.